The van der Waals surface area contributed by atoms with Crippen LogP contribution in [0.2, 0.25) is 0 Å². The molecule has 1 aromatic carbocycles. The van der Waals surface area contributed by atoms with Crippen LogP contribution in [-0.4, -0.2) is 55.2 Å². The molecule has 0 bridgehead atoms. The molecule has 1 atom stereocenters. The number of rotatable bonds is 6. The number of likely N-dealkylation sites (tertiary alicyclic amines) is 1. The quantitative estimate of drug-likeness (QED) is 0.873. The van der Waals surface area contributed by atoms with Gasteiger partial charge in [0.15, 0.2) is 0 Å². The van der Waals surface area contributed by atoms with E-state index in [1.807, 2.05) is 13.0 Å². The Balaban J connectivity index is 1.78. The molecular weight excluding hydrogens is 312 g/mol. The van der Waals surface area contributed by atoms with Crippen LogP contribution < -0.4 is 0 Å². The highest BCUT2D eigenvalue weighted by Gasteiger charge is 2.35. The van der Waals surface area contributed by atoms with Crippen LogP contribution in [0.1, 0.15) is 24.2 Å². The van der Waals surface area contributed by atoms with Crippen molar-refractivity contribution < 1.29 is 9.52 Å². The normalized spacial score (nSPS) is 21.8. The molecule has 2 aromatic rings. The van der Waals surface area contributed by atoms with E-state index in [1.54, 1.807) is 0 Å². The maximum Gasteiger partial charge on any atom is 0.134 e. The summed E-state index contributed by atoms with van der Waals surface area (Å²) < 4.78 is 5.85. The minimum atomic E-state index is -0.0159. The van der Waals surface area contributed by atoms with Crippen molar-refractivity contribution in [1.82, 2.24) is 9.80 Å². The first-order valence-corrected chi connectivity index (χ1v) is 9.14. The van der Waals surface area contributed by atoms with Crippen molar-refractivity contribution >= 4 is 0 Å². The van der Waals surface area contributed by atoms with E-state index in [0.29, 0.717) is 0 Å². The lowest BCUT2D eigenvalue weighted by Gasteiger charge is -2.43. The van der Waals surface area contributed by atoms with E-state index in [9.17, 15) is 5.11 Å². The fourth-order valence-corrected chi connectivity index (χ4v) is 4.14. The van der Waals surface area contributed by atoms with Crippen molar-refractivity contribution in [2.24, 2.45) is 5.41 Å². The molecule has 0 unspecified atom stereocenters. The van der Waals surface area contributed by atoms with Crippen LogP contribution in [0.5, 0.6) is 0 Å². The topological polar surface area (TPSA) is 39.9 Å². The van der Waals surface area contributed by atoms with Crippen molar-refractivity contribution in [3.05, 3.63) is 47.7 Å². The summed E-state index contributed by atoms with van der Waals surface area (Å²) in [5.41, 5.74) is 2.44. The molecule has 25 heavy (non-hydrogen) atoms. The Morgan fingerprint density at radius 2 is 2.00 bits per heavy atom. The molecule has 1 saturated heterocycles. The monoisotopic (exact) mass is 342 g/mol. The highest BCUT2D eigenvalue weighted by molar-refractivity contribution is 5.62. The third-order valence-corrected chi connectivity index (χ3v) is 5.14. The Kier molecular flexibility index (Phi) is 5.62. The Morgan fingerprint density at radius 1 is 1.20 bits per heavy atom. The smallest absolute Gasteiger partial charge is 0.134 e. The van der Waals surface area contributed by atoms with Gasteiger partial charge in [0.2, 0.25) is 0 Å². The SMILES string of the molecule is Cc1ccc(-c2ccccc2CN2CCC[C@](CO)(CN(C)C)C2)o1. The summed E-state index contributed by atoms with van der Waals surface area (Å²) in [6.45, 7) is 6.08. The van der Waals surface area contributed by atoms with Crippen molar-refractivity contribution in [3.8, 4) is 11.3 Å². The number of hydrogen-bond acceptors (Lipinski definition) is 4. The summed E-state index contributed by atoms with van der Waals surface area (Å²) in [5, 5.41) is 10.0. The lowest BCUT2D eigenvalue weighted by molar-refractivity contribution is 0.0106. The maximum atomic E-state index is 10.0. The van der Waals surface area contributed by atoms with E-state index in [4.69, 9.17) is 4.42 Å². The van der Waals surface area contributed by atoms with Gasteiger partial charge in [-0.25, -0.2) is 0 Å². The van der Waals surface area contributed by atoms with Crippen LogP contribution in [-0.2, 0) is 6.54 Å². The molecule has 0 saturated carbocycles. The van der Waals surface area contributed by atoms with Gasteiger partial charge in [-0.05, 0) is 58.1 Å². The molecule has 1 fully saturated rings. The van der Waals surface area contributed by atoms with E-state index < -0.39 is 0 Å². The van der Waals surface area contributed by atoms with E-state index in [1.165, 1.54) is 11.1 Å². The molecule has 4 nitrogen and oxygen atoms in total. The van der Waals surface area contributed by atoms with Crippen LogP contribution in [0.25, 0.3) is 11.3 Å². The molecule has 1 N–H and O–H groups in total. The second-order valence-electron chi connectivity index (χ2n) is 7.78. The zero-order chi connectivity index (χ0) is 17.9. The molecule has 2 heterocycles. The highest BCUT2D eigenvalue weighted by Crippen LogP contribution is 2.33. The van der Waals surface area contributed by atoms with E-state index in [0.717, 1.165) is 50.5 Å². The fourth-order valence-electron chi connectivity index (χ4n) is 4.14. The predicted octanol–water partition coefficient (Wildman–Crippen LogP) is 3.39. The molecule has 1 aliphatic rings. The number of nitrogens with zero attached hydrogens (tertiary/aromatic N) is 2. The average Bonchev–Trinajstić information content (AvgIpc) is 3.01. The first kappa shape index (κ1) is 18.2. The van der Waals surface area contributed by atoms with E-state index in [2.05, 4.69) is 54.2 Å². The zero-order valence-electron chi connectivity index (χ0n) is 15.7. The lowest BCUT2D eigenvalue weighted by atomic mass is 9.80. The highest BCUT2D eigenvalue weighted by atomic mass is 16.3. The van der Waals surface area contributed by atoms with Gasteiger partial charge in [-0.1, -0.05) is 24.3 Å². The van der Waals surface area contributed by atoms with Crippen LogP contribution in [0.4, 0.5) is 0 Å². The molecule has 1 aliphatic heterocycles. The number of hydrogen-bond donors (Lipinski definition) is 1. The maximum absolute atomic E-state index is 10.0. The molecule has 0 radical (unpaired) electrons. The first-order valence-electron chi connectivity index (χ1n) is 9.14. The summed E-state index contributed by atoms with van der Waals surface area (Å²) in [4.78, 5) is 4.68. The van der Waals surface area contributed by atoms with Gasteiger partial charge in [0.1, 0.15) is 11.5 Å². The minimum Gasteiger partial charge on any atom is -0.461 e. The van der Waals surface area contributed by atoms with Gasteiger partial charge in [-0.3, -0.25) is 4.90 Å². The van der Waals surface area contributed by atoms with Gasteiger partial charge in [-0.2, -0.15) is 0 Å². The lowest BCUT2D eigenvalue weighted by Crippen LogP contribution is -2.49. The number of piperidine rings is 1. The number of aliphatic hydroxyl groups excluding tert-OH is 1. The Bertz CT molecular complexity index is 695. The third kappa shape index (κ3) is 4.32. The van der Waals surface area contributed by atoms with E-state index >= 15 is 0 Å². The van der Waals surface area contributed by atoms with Crippen molar-refractivity contribution in [1.29, 1.82) is 0 Å². The summed E-state index contributed by atoms with van der Waals surface area (Å²) in [5.74, 6) is 1.87. The summed E-state index contributed by atoms with van der Waals surface area (Å²) in [6, 6.07) is 12.6. The summed E-state index contributed by atoms with van der Waals surface area (Å²) in [7, 11) is 4.18. The molecule has 136 valence electrons. The van der Waals surface area contributed by atoms with Crippen LogP contribution in [0.15, 0.2) is 40.8 Å². The molecular formula is C21H30N2O2. The molecule has 0 aliphatic carbocycles. The first-order chi connectivity index (χ1) is 12.0. The van der Waals surface area contributed by atoms with Gasteiger partial charge in [0.05, 0.1) is 6.61 Å². The molecule has 1 aromatic heterocycles. The number of aliphatic hydroxyl groups is 1. The third-order valence-electron chi connectivity index (χ3n) is 5.14. The van der Waals surface area contributed by atoms with Crippen LogP contribution >= 0.6 is 0 Å². The largest absolute Gasteiger partial charge is 0.461 e. The standard InChI is InChI=1S/C21H30N2O2/c1-17-9-10-20(25-17)19-8-5-4-7-18(19)13-23-12-6-11-21(15-23,16-24)14-22(2)3/h4-5,7-10,24H,6,11-16H2,1-3H3/t21-/m0/s1. The minimum absolute atomic E-state index is 0.0159. The van der Waals surface area contributed by atoms with Gasteiger partial charge in [-0.15, -0.1) is 0 Å². The van der Waals surface area contributed by atoms with Crippen LogP contribution in [0.3, 0.4) is 0 Å². The zero-order valence-corrected chi connectivity index (χ0v) is 15.7. The summed E-state index contributed by atoms with van der Waals surface area (Å²) >= 11 is 0. The van der Waals surface area contributed by atoms with Gasteiger partial charge in [0, 0.05) is 30.6 Å². The van der Waals surface area contributed by atoms with Gasteiger partial charge < -0.3 is 14.4 Å². The Hall–Kier alpha value is -1.62. The Labute approximate surface area is 151 Å². The second-order valence-corrected chi connectivity index (χ2v) is 7.78. The molecule has 3 rings (SSSR count). The van der Waals surface area contributed by atoms with Gasteiger partial charge >= 0.3 is 0 Å². The Morgan fingerprint density at radius 3 is 2.68 bits per heavy atom. The number of aryl methyl sites for hydroxylation is 1. The van der Waals surface area contributed by atoms with Crippen molar-refractivity contribution in [2.75, 3.05) is 40.3 Å². The molecule has 0 amide bonds. The average molecular weight is 342 g/mol. The molecule has 0 spiro atoms. The number of furan rings is 1. The van der Waals surface area contributed by atoms with E-state index in [-0.39, 0.29) is 12.0 Å². The van der Waals surface area contributed by atoms with Gasteiger partial charge in [0.25, 0.3) is 0 Å². The van der Waals surface area contributed by atoms with Crippen molar-refractivity contribution in [3.63, 3.8) is 0 Å². The summed E-state index contributed by atoms with van der Waals surface area (Å²) in [6.07, 6.45) is 2.23. The number of benzene rings is 1. The predicted molar refractivity (Wildman–Crippen MR) is 101 cm³/mol. The molecule has 4 heteroatoms. The fraction of sp³-hybridized carbons (Fsp3) is 0.524. The second kappa shape index (κ2) is 7.73. The van der Waals surface area contributed by atoms with Crippen LogP contribution in [0, 0.1) is 12.3 Å². The van der Waals surface area contributed by atoms with Crippen molar-refractivity contribution in [2.45, 2.75) is 26.3 Å².